The fourth-order valence-electron chi connectivity index (χ4n) is 4.39. The van der Waals surface area contributed by atoms with Gasteiger partial charge >= 0.3 is 0 Å². The highest BCUT2D eigenvalue weighted by Crippen LogP contribution is 2.36. The van der Waals surface area contributed by atoms with Crippen LogP contribution in [0.4, 0.5) is 5.69 Å². The number of nitro groups is 1. The summed E-state index contributed by atoms with van der Waals surface area (Å²) < 4.78 is 42.3. The molecule has 41 heavy (non-hydrogen) atoms. The molecule has 0 spiro atoms. The second-order valence-electron chi connectivity index (χ2n) is 10.6. The molecule has 1 fully saturated rings. The van der Waals surface area contributed by atoms with E-state index in [-0.39, 0.29) is 35.9 Å². The fourth-order valence-corrected chi connectivity index (χ4v) is 5.74. The molecule has 220 valence electrons. The number of nitrogens with one attached hydrogen (secondary N) is 2. The molecule has 1 saturated heterocycles. The number of hydrogen-bond donors (Lipinski definition) is 2. The number of ether oxygens (including phenoxy) is 2. The van der Waals surface area contributed by atoms with Gasteiger partial charge in [0, 0.05) is 37.4 Å². The summed E-state index contributed by atoms with van der Waals surface area (Å²) in [6.07, 6.45) is 1.72. The Morgan fingerprint density at radius 3 is 2.63 bits per heavy atom. The molecule has 3 aromatic rings. The lowest BCUT2D eigenvalue weighted by Crippen LogP contribution is -2.32. The summed E-state index contributed by atoms with van der Waals surface area (Å²) in [5, 5.41) is 19.0. The summed E-state index contributed by atoms with van der Waals surface area (Å²) >= 11 is 0. The number of carbonyl (C=O) groups excluding carboxylic acids is 1. The van der Waals surface area contributed by atoms with Crippen molar-refractivity contribution in [3.8, 4) is 17.3 Å². The Morgan fingerprint density at radius 2 is 1.98 bits per heavy atom. The van der Waals surface area contributed by atoms with Crippen molar-refractivity contribution >= 4 is 21.6 Å². The SMILES string of the molecule is Cc1ccc(C)c(-n2nc(C(=O)NC[C@@H]3CCCO3)c(C)c2Oc2ccc([N+](=O)[O-])cc2S(=O)(=O)NCC(C)C)c1. The number of nitro benzene ring substituents is 1. The number of rotatable bonds is 11. The van der Waals surface area contributed by atoms with Crippen LogP contribution in [-0.4, -0.2) is 54.8 Å². The van der Waals surface area contributed by atoms with Gasteiger partial charge in [-0.15, -0.1) is 0 Å². The predicted molar refractivity (Wildman–Crippen MR) is 152 cm³/mol. The number of amides is 1. The van der Waals surface area contributed by atoms with Gasteiger partial charge in [-0.05, 0) is 62.8 Å². The van der Waals surface area contributed by atoms with E-state index in [1.54, 1.807) is 6.92 Å². The van der Waals surface area contributed by atoms with Crippen LogP contribution in [0.25, 0.3) is 5.69 Å². The van der Waals surface area contributed by atoms with Gasteiger partial charge in [-0.1, -0.05) is 26.0 Å². The highest BCUT2D eigenvalue weighted by Gasteiger charge is 2.29. The van der Waals surface area contributed by atoms with Crippen molar-refractivity contribution in [2.45, 2.75) is 58.5 Å². The maximum absolute atomic E-state index is 13.3. The van der Waals surface area contributed by atoms with Crippen LogP contribution >= 0.6 is 0 Å². The van der Waals surface area contributed by atoms with E-state index in [0.29, 0.717) is 24.4 Å². The average Bonchev–Trinajstić information content (AvgIpc) is 3.56. The van der Waals surface area contributed by atoms with Gasteiger partial charge < -0.3 is 14.8 Å². The maximum Gasteiger partial charge on any atom is 0.272 e. The largest absolute Gasteiger partial charge is 0.437 e. The van der Waals surface area contributed by atoms with Gasteiger partial charge in [0.2, 0.25) is 15.9 Å². The molecule has 2 N–H and O–H groups in total. The van der Waals surface area contributed by atoms with Crippen LogP contribution in [0.1, 0.15) is 53.9 Å². The molecule has 12 nitrogen and oxygen atoms in total. The molecule has 1 aromatic heterocycles. The Labute approximate surface area is 239 Å². The number of sulfonamides is 1. The van der Waals surface area contributed by atoms with E-state index in [4.69, 9.17) is 9.47 Å². The van der Waals surface area contributed by atoms with E-state index in [1.807, 2.05) is 45.9 Å². The normalized spacial score (nSPS) is 15.3. The zero-order valence-corrected chi connectivity index (χ0v) is 24.6. The highest BCUT2D eigenvalue weighted by molar-refractivity contribution is 7.89. The molecule has 1 aliphatic rings. The summed E-state index contributed by atoms with van der Waals surface area (Å²) in [7, 11) is -4.20. The molecule has 13 heteroatoms. The molecule has 0 aliphatic carbocycles. The average molecular weight is 586 g/mol. The highest BCUT2D eigenvalue weighted by atomic mass is 32.2. The summed E-state index contributed by atoms with van der Waals surface area (Å²) in [6, 6.07) is 9.08. The van der Waals surface area contributed by atoms with Crippen LogP contribution in [-0.2, 0) is 14.8 Å². The van der Waals surface area contributed by atoms with Crippen LogP contribution < -0.4 is 14.8 Å². The number of hydrogen-bond acceptors (Lipinski definition) is 8. The van der Waals surface area contributed by atoms with E-state index < -0.39 is 31.4 Å². The molecule has 2 aromatic carbocycles. The Balaban J connectivity index is 1.81. The molecule has 0 bridgehead atoms. The molecule has 1 atom stereocenters. The van der Waals surface area contributed by atoms with Gasteiger partial charge in [0.05, 0.1) is 16.7 Å². The predicted octanol–water partition coefficient (Wildman–Crippen LogP) is 4.34. The Kier molecular flexibility index (Phi) is 9.10. The van der Waals surface area contributed by atoms with E-state index in [0.717, 1.165) is 30.0 Å². The number of carbonyl (C=O) groups is 1. The Hall–Kier alpha value is -3.81. The minimum atomic E-state index is -4.20. The van der Waals surface area contributed by atoms with E-state index >= 15 is 0 Å². The van der Waals surface area contributed by atoms with E-state index in [9.17, 15) is 23.3 Å². The number of nitrogens with zero attached hydrogens (tertiary/aromatic N) is 3. The van der Waals surface area contributed by atoms with Gasteiger partial charge in [0.25, 0.3) is 11.6 Å². The van der Waals surface area contributed by atoms with Crippen molar-refractivity contribution in [2.75, 3.05) is 19.7 Å². The number of benzene rings is 2. The molecule has 2 heterocycles. The molecule has 1 aliphatic heterocycles. The van der Waals surface area contributed by atoms with Crippen molar-refractivity contribution < 1.29 is 27.6 Å². The third kappa shape index (κ3) is 6.92. The first-order chi connectivity index (χ1) is 19.4. The van der Waals surface area contributed by atoms with Gasteiger partial charge in [0.1, 0.15) is 10.6 Å². The second-order valence-corrected chi connectivity index (χ2v) is 12.3. The lowest BCUT2D eigenvalue weighted by molar-refractivity contribution is -0.385. The van der Waals surface area contributed by atoms with Crippen molar-refractivity contribution in [2.24, 2.45) is 5.92 Å². The standard InChI is InChI=1S/C28H35N5O7S/c1-17(2)15-30-41(37,38)25-14-21(33(35)36)10-11-24(25)40-28-20(5)26(27(34)29-16-22-7-6-12-39-22)31-32(28)23-13-18(3)8-9-19(23)4/h8-11,13-14,17,22,30H,6-7,12,15-16H2,1-5H3,(H,29,34)/t22-/m0/s1. The van der Waals surface area contributed by atoms with Crippen molar-refractivity contribution in [1.82, 2.24) is 19.8 Å². The monoisotopic (exact) mass is 585 g/mol. The van der Waals surface area contributed by atoms with E-state index in [1.165, 1.54) is 16.8 Å². The topological polar surface area (TPSA) is 155 Å². The van der Waals surface area contributed by atoms with Gasteiger partial charge in [-0.25, -0.2) is 13.1 Å². The zero-order valence-electron chi connectivity index (χ0n) is 23.8. The van der Waals surface area contributed by atoms with Crippen molar-refractivity contribution in [3.05, 3.63) is 68.9 Å². The second kappa shape index (κ2) is 12.4. The number of aryl methyl sites for hydroxylation is 2. The quantitative estimate of drug-likeness (QED) is 0.249. The van der Waals surface area contributed by atoms with Crippen LogP contribution in [0, 0.1) is 36.8 Å². The van der Waals surface area contributed by atoms with Gasteiger partial charge in [-0.2, -0.15) is 9.78 Å². The molecule has 4 rings (SSSR count). The Morgan fingerprint density at radius 1 is 1.22 bits per heavy atom. The van der Waals surface area contributed by atoms with Gasteiger partial charge in [-0.3, -0.25) is 14.9 Å². The summed E-state index contributed by atoms with van der Waals surface area (Å²) in [6.45, 7) is 10.2. The molecule has 1 amide bonds. The first-order valence-corrected chi connectivity index (χ1v) is 14.9. The smallest absolute Gasteiger partial charge is 0.272 e. The third-order valence-corrected chi connectivity index (χ3v) is 8.15. The Bertz CT molecular complexity index is 1560. The molecule has 0 unspecified atom stereocenters. The summed E-state index contributed by atoms with van der Waals surface area (Å²) in [4.78, 5) is 23.7. The van der Waals surface area contributed by atoms with Crippen molar-refractivity contribution in [1.29, 1.82) is 0 Å². The number of non-ortho nitro benzene ring substituents is 1. The van der Waals surface area contributed by atoms with Crippen LogP contribution in [0.3, 0.4) is 0 Å². The lowest BCUT2D eigenvalue weighted by Gasteiger charge is -2.16. The fraction of sp³-hybridized carbons (Fsp3) is 0.429. The molecule has 0 radical (unpaired) electrons. The summed E-state index contributed by atoms with van der Waals surface area (Å²) in [5.41, 5.74) is 2.47. The minimum Gasteiger partial charge on any atom is -0.437 e. The third-order valence-electron chi connectivity index (χ3n) is 6.71. The van der Waals surface area contributed by atoms with Crippen LogP contribution in [0.15, 0.2) is 41.3 Å². The molecule has 0 saturated carbocycles. The van der Waals surface area contributed by atoms with Crippen molar-refractivity contribution in [3.63, 3.8) is 0 Å². The maximum atomic E-state index is 13.3. The first kappa shape index (κ1) is 30.2. The summed E-state index contributed by atoms with van der Waals surface area (Å²) in [5.74, 6) is -0.471. The first-order valence-electron chi connectivity index (χ1n) is 13.4. The molecular formula is C28H35N5O7S. The van der Waals surface area contributed by atoms with Crippen LogP contribution in [0.5, 0.6) is 11.6 Å². The lowest BCUT2D eigenvalue weighted by atomic mass is 10.1. The van der Waals surface area contributed by atoms with Gasteiger partial charge in [0.15, 0.2) is 5.69 Å². The number of aromatic nitrogens is 2. The van der Waals surface area contributed by atoms with E-state index in [2.05, 4.69) is 15.1 Å². The molecular weight excluding hydrogens is 550 g/mol. The zero-order chi connectivity index (χ0) is 29.9. The minimum absolute atomic E-state index is 0.00323. The van der Waals surface area contributed by atoms with Crippen LogP contribution in [0.2, 0.25) is 0 Å².